The molecule has 0 heterocycles. The SMILES string of the molecule is CCCOC(=NN(C)C(=O)O)OCCC. The largest absolute Gasteiger partial charge is 0.464 e. The van der Waals surface area contributed by atoms with Gasteiger partial charge in [-0.15, -0.1) is 0 Å². The van der Waals surface area contributed by atoms with Gasteiger partial charge in [-0.1, -0.05) is 18.9 Å². The van der Waals surface area contributed by atoms with Gasteiger partial charge in [0.25, 0.3) is 0 Å². The smallest absolute Gasteiger partial charge is 0.427 e. The molecule has 0 aromatic carbocycles. The van der Waals surface area contributed by atoms with Crippen LogP contribution >= 0.6 is 0 Å². The zero-order valence-electron chi connectivity index (χ0n) is 9.39. The van der Waals surface area contributed by atoms with Gasteiger partial charge in [0.05, 0.1) is 13.2 Å². The second kappa shape index (κ2) is 7.90. The van der Waals surface area contributed by atoms with E-state index < -0.39 is 6.09 Å². The summed E-state index contributed by atoms with van der Waals surface area (Å²) in [5.74, 6) is 0. The second-order valence-corrected chi connectivity index (χ2v) is 2.87. The number of amides is 1. The lowest BCUT2D eigenvalue weighted by Gasteiger charge is -2.11. The lowest BCUT2D eigenvalue weighted by Crippen LogP contribution is -2.23. The summed E-state index contributed by atoms with van der Waals surface area (Å²) in [5.41, 5.74) is 0. The third kappa shape index (κ3) is 6.59. The summed E-state index contributed by atoms with van der Waals surface area (Å²) < 4.78 is 10.3. The molecule has 88 valence electrons. The predicted molar refractivity (Wildman–Crippen MR) is 55.7 cm³/mol. The average molecular weight is 218 g/mol. The van der Waals surface area contributed by atoms with E-state index in [1.165, 1.54) is 7.05 Å². The van der Waals surface area contributed by atoms with E-state index >= 15 is 0 Å². The quantitative estimate of drug-likeness (QED) is 0.433. The molecule has 0 saturated heterocycles. The maximum absolute atomic E-state index is 10.5. The first kappa shape index (κ1) is 13.5. The number of carboxylic acid groups (broad SMARTS) is 1. The zero-order valence-corrected chi connectivity index (χ0v) is 9.39. The van der Waals surface area contributed by atoms with Gasteiger partial charge in [-0.05, 0) is 12.8 Å². The lowest BCUT2D eigenvalue weighted by molar-refractivity contribution is 0.134. The fraction of sp³-hybridized carbons (Fsp3) is 0.778. The molecule has 0 radical (unpaired) electrons. The van der Waals surface area contributed by atoms with Gasteiger partial charge in [-0.25, -0.2) is 4.79 Å². The van der Waals surface area contributed by atoms with Crippen molar-refractivity contribution in [2.24, 2.45) is 5.10 Å². The van der Waals surface area contributed by atoms with Crippen LogP contribution in [0, 0.1) is 0 Å². The molecule has 0 atom stereocenters. The van der Waals surface area contributed by atoms with E-state index in [0.29, 0.717) is 13.2 Å². The molecule has 0 bridgehead atoms. The van der Waals surface area contributed by atoms with Crippen molar-refractivity contribution in [3.63, 3.8) is 0 Å². The maximum atomic E-state index is 10.5. The van der Waals surface area contributed by atoms with Crippen LogP contribution < -0.4 is 0 Å². The third-order valence-electron chi connectivity index (χ3n) is 1.37. The lowest BCUT2D eigenvalue weighted by atomic mass is 10.5. The Morgan fingerprint density at radius 1 is 1.27 bits per heavy atom. The van der Waals surface area contributed by atoms with Gasteiger partial charge in [0.15, 0.2) is 0 Å². The van der Waals surface area contributed by atoms with Crippen LogP contribution in [0.3, 0.4) is 0 Å². The third-order valence-corrected chi connectivity index (χ3v) is 1.37. The van der Waals surface area contributed by atoms with Crippen molar-refractivity contribution >= 4 is 12.2 Å². The van der Waals surface area contributed by atoms with Crippen LogP contribution in [0.1, 0.15) is 26.7 Å². The number of carbonyl (C=O) groups is 1. The number of nitrogens with zero attached hydrogens (tertiary/aromatic N) is 2. The maximum Gasteiger partial charge on any atom is 0.427 e. The minimum Gasteiger partial charge on any atom is -0.464 e. The van der Waals surface area contributed by atoms with E-state index in [-0.39, 0.29) is 6.08 Å². The van der Waals surface area contributed by atoms with Gasteiger partial charge >= 0.3 is 12.2 Å². The Kier molecular flexibility index (Phi) is 7.13. The van der Waals surface area contributed by atoms with Gasteiger partial charge in [-0.3, -0.25) is 0 Å². The molecule has 0 aromatic heterocycles. The standard InChI is InChI=1S/C9H18N2O4/c1-4-6-14-8(15-7-5-2)10-11(3)9(12)13/h4-7H2,1-3H3,(H,12,13). The molecule has 0 aliphatic carbocycles. The first-order valence-electron chi connectivity index (χ1n) is 4.92. The molecule has 6 nitrogen and oxygen atoms in total. The Bertz CT molecular complexity index is 208. The first-order valence-corrected chi connectivity index (χ1v) is 4.92. The Balaban J connectivity index is 4.24. The van der Waals surface area contributed by atoms with E-state index in [1.54, 1.807) is 0 Å². The van der Waals surface area contributed by atoms with E-state index in [2.05, 4.69) is 5.10 Å². The molecule has 1 amide bonds. The average Bonchev–Trinajstić information content (AvgIpc) is 2.21. The first-order chi connectivity index (χ1) is 7.11. The van der Waals surface area contributed by atoms with Crippen LogP contribution in [0.5, 0.6) is 0 Å². The fourth-order valence-electron chi connectivity index (χ4n) is 0.643. The molecule has 0 unspecified atom stereocenters. The highest BCUT2D eigenvalue weighted by Crippen LogP contribution is 1.94. The zero-order chi connectivity index (χ0) is 11.7. The van der Waals surface area contributed by atoms with E-state index in [9.17, 15) is 4.79 Å². The monoisotopic (exact) mass is 218 g/mol. The van der Waals surface area contributed by atoms with E-state index in [4.69, 9.17) is 14.6 Å². The summed E-state index contributed by atoms with van der Waals surface area (Å²) in [7, 11) is 1.31. The molecular weight excluding hydrogens is 200 g/mol. The van der Waals surface area contributed by atoms with Crippen molar-refractivity contribution in [2.75, 3.05) is 20.3 Å². The Morgan fingerprint density at radius 2 is 1.73 bits per heavy atom. The number of hydrogen-bond donors (Lipinski definition) is 1. The molecule has 1 N–H and O–H groups in total. The van der Waals surface area contributed by atoms with Crippen LogP contribution in [-0.4, -0.2) is 42.6 Å². The normalized spacial score (nSPS) is 9.27. The van der Waals surface area contributed by atoms with Gasteiger partial charge in [0, 0.05) is 7.05 Å². The summed E-state index contributed by atoms with van der Waals surface area (Å²) in [6.07, 6.45) is 0.465. The molecule has 0 aliphatic rings. The number of rotatable bonds is 5. The Labute approximate surface area is 89.5 Å². The van der Waals surface area contributed by atoms with Gasteiger partial charge in [-0.2, -0.15) is 5.01 Å². The predicted octanol–water partition coefficient (Wildman–Crippen LogP) is 1.72. The van der Waals surface area contributed by atoms with Crippen molar-refractivity contribution in [3.8, 4) is 0 Å². The van der Waals surface area contributed by atoms with Gasteiger partial charge < -0.3 is 14.6 Å². The number of hydrogen-bond acceptors (Lipinski definition) is 4. The highest BCUT2D eigenvalue weighted by atomic mass is 16.7. The van der Waals surface area contributed by atoms with Crippen LogP contribution in [0.25, 0.3) is 0 Å². The highest BCUT2D eigenvalue weighted by molar-refractivity contribution is 5.70. The summed E-state index contributed by atoms with van der Waals surface area (Å²) in [6.45, 7) is 4.79. The molecule has 0 spiro atoms. The molecule has 0 aliphatic heterocycles. The van der Waals surface area contributed by atoms with Crippen molar-refractivity contribution < 1.29 is 19.4 Å². The van der Waals surface area contributed by atoms with Crippen LogP contribution in [-0.2, 0) is 9.47 Å². The van der Waals surface area contributed by atoms with Gasteiger partial charge in [0.2, 0.25) is 0 Å². The minimum atomic E-state index is -1.16. The second-order valence-electron chi connectivity index (χ2n) is 2.87. The summed E-state index contributed by atoms with van der Waals surface area (Å²) in [5, 5.41) is 13.0. The molecule has 0 saturated carbocycles. The van der Waals surface area contributed by atoms with Crippen molar-refractivity contribution in [1.29, 1.82) is 0 Å². The van der Waals surface area contributed by atoms with Crippen LogP contribution in [0.4, 0.5) is 4.79 Å². The minimum absolute atomic E-state index is 0.00333. The number of hydrazone groups is 1. The summed E-state index contributed by atoms with van der Waals surface area (Å²) in [6, 6.07) is 0. The van der Waals surface area contributed by atoms with E-state index in [0.717, 1.165) is 17.9 Å². The van der Waals surface area contributed by atoms with Crippen molar-refractivity contribution in [3.05, 3.63) is 0 Å². The molecule has 6 heteroatoms. The Morgan fingerprint density at radius 3 is 2.07 bits per heavy atom. The fourth-order valence-corrected chi connectivity index (χ4v) is 0.643. The Hall–Kier alpha value is -1.46. The van der Waals surface area contributed by atoms with Crippen LogP contribution in [0.2, 0.25) is 0 Å². The van der Waals surface area contributed by atoms with Crippen molar-refractivity contribution in [2.45, 2.75) is 26.7 Å². The molecular formula is C9H18N2O4. The molecule has 0 aromatic rings. The van der Waals surface area contributed by atoms with Gasteiger partial charge in [0.1, 0.15) is 0 Å². The topological polar surface area (TPSA) is 71.4 Å². The van der Waals surface area contributed by atoms with Crippen LogP contribution in [0.15, 0.2) is 5.10 Å². The molecule has 0 rings (SSSR count). The van der Waals surface area contributed by atoms with Crippen molar-refractivity contribution in [1.82, 2.24) is 5.01 Å². The molecule has 0 fully saturated rings. The van der Waals surface area contributed by atoms with E-state index in [1.807, 2.05) is 13.8 Å². The summed E-state index contributed by atoms with van der Waals surface area (Å²) in [4.78, 5) is 10.5. The molecule has 15 heavy (non-hydrogen) atoms. The highest BCUT2D eigenvalue weighted by Gasteiger charge is 2.08. The number of ether oxygens (including phenoxy) is 2. The summed E-state index contributed by atoms with van der Waals surface area (Å²) >= 11 is 0.